The van der Waals surface area contributed by atoms with Gasteiger partial charge in [-0.2, -0.15) is 26.9 Å². The molecule has 2 fully saturated rings. The Hall–Kier alpha value is -4.01. The monoisotopic (exact) mass is 698 g/mol. The van der Waals surface area contributed by atoms with Crippen LogP contribution in [0.1, 0.15) is 62.9 Å². The van der Waals surface area contributed by atoms with Crippen molar-refractivity contribution in [1.82, 2.24) is 20.6 Å². The molecule has 2 saturated heterocycles. The minimum absolute atomic E-state index is 0.237. The Balaban J connectivity index is 0.000000445. The van der Waals surface area contributed by atoms with E-state index in [9.17, 15) is 31.2 Å². The molecule has 17 heteroatoms. The van der Waals surface area contributed by atoms with E-state index in [4.69, 9.17) is 15.5 Å². The molecule has 2 aliphatic rings. The fraction of sp³-hybridized carbons (Fsp3) is 0.581. The summed E-state index contributed by atoms with van der Waals surface area (Å²) in [6.45, 7) is 7.32. The molecule has 2 aliphatic heterocycles. The fourth-order valence-corrected chi connectivity index (χ4v) is 5.73. The fourth-order valence-electron chi connectivity index (χ4n) is 5.12. The summed E-state index contributed by atoms with van der Waals surface area (Å²) in [4.78, 5) is 33.0. The molecule has 266 valence electrons. The lowest BCUT2D eigenvalue weighted by Gasteiger charge is -2.33. The van der Waals surface area contributed by atoms with Gasteiger partial charge in [0, 0.05) is 45.3 Å². The first-order valence-electron chi connectivity index (χ1n) is 15.9. The number of halogens is 3. The summed E-state index contributed by atoms with van der Waals surface area (Å²) in [6, 6.07) is 9.65. The van der Waals surface area contributed by atoms with Gasteiger partial charge in [0.25, 0.3) is 10.1 Å². The lowest BCUT2D eigenvalue weighted by atomic mass is 9.93. The highest BCUT2D eigenvalue weighted by molar-refractivity contribution is 7.85. The van der Waals surface area contributed by atoms with Crippen LogP contribution in [-0.2, 0) is 32.3 Å². The van der Waals surface area contributed by atoms with Crippen LogP contribution in [0.4, 0.5) is 24.8 Å². The molecule has 1 aromatic carbocycles. The Morgan fingerprint density at radius 3 is 2.15 bits per heavy atom. The molecule has 5 N–H and O–H groups in total. The van der Waals surface area contributed by atoms with Crippen molar-refractivity contribution in [2.24, 2.45) is 11.7 Å². The van der Waals surface area contributed by atoms with Gasteiger partial charge in [0.1, 0.15) is 17.7 Å². The van der Waals surface area contributed by atoms with Crippen LogP contribution in [0.25, 0.3) is 0 Å². The smallest absolute Gasteiger partial charge is 0.358 e. The van der Waals surface area contributed by atoms with Gasteiger partial charge in [-0.05, 0) is 62.1 Å². The second kappa shape index (κ2) is 19.7. The number of aromatic nitrogens is 2. The maximum absolute atomic E-state index is 13.4. The number of rotatable bonds is 12. The number of nitrogens with one attached hydrogen (secondary N) is 2. The van der Waals surface area contributed by atoms with Crippen molar-refractivity contribution in [3.05, 3.63) is 47.3 Å². The summed E-state index contributed by atoms with van der Waals surface area (Å²) in [5, 5.41) is 13.7. The largest absolute Gasteiger partial charge is 0.451 e. The molecule has 4 rings (SSSR count). The summed E-state index contributed by atoms with van der Waals surface area (Å²) in [7, 11) is -4.34. The highest BCUT2D eigenvalue weighted by atomic mass is 32.2. The van der Waals surface area contributed by atoms with Gasteiger partial charge >= 0.3 is 6.18 Å². The number of anilines is 2. The van der Waals surface area contributed by atoms with E-state index in [0.29, 0.717) is 69.8 Å². The molecule has 2 amide bonds. The molecule has 13 nitrogen and oxygen atoms in total. The van der Waals surface area contributed by atoms with Crippen LogP contribution >= 0.6 is 0 Å². The molecule has 0 spiro atoms. The average Bonchev–Trinajstić information content (AvgIpc) is 3.61. The van der Waals surface area contributed by atoms with Crippen molar-refractivity contribution in [2.45, 2.75) is 64.6 Å². The lowest BCUT2D eigenvalue weighted by molar-refractivity contribution is -0.144. The number of benzene rings is 1. The molecule has 3 heterocycles. The van der Waals surface area contributed by atoms with E-state index in [-0.39, 0.29) is 18.3 Å². The normalized spacial score (nSPS) is 15.6. The first kappa shape index (κ1) is 40.2. The van der Waals surface area contributed by atoms with E-state index in [1.54, 1.807) is 18.2 Å². The van der Waals surface area contributed by atoms with Crippen LogP contribution in [-0.4, -0.2) is 86.3 Å². The standard InChI is InChI=1S/C19H29F3N6O4S.C10H10N2O.C2H6/c20-19(21,22)18-25-15(27-7-1-2-8-27)11-16(26-18)28-9-4-13(5-10-28)3-6-24-17(29)14(23)12-33(30,31)32;11-7-10-3-1-9(2-4-10)5-6-12-8-13;1-2/h11,13-14H,1-10,12,23H2,(H,24,29)(H,30,31,32);1-4,8H,5-6H2,(H,12,13);1-2H3. The van der Waals surface area contributed by atoms with Crippen molar-refractivity contribution in [1.29, 1.82) is 5.26 Å². The summed E-state index contributed by atoms with van der Waals surface area (Å²) < 4.78 is 70.5. The Morgan fingerprint density at radius 1 is 1.08 bits per heavy atom. The van der Waals surface area contributed by atoms with Crippen molar-refractivity contribution < 1.29 is 35.7 Å². The first-order chi connectivity index (χ1) is 22.8. The number of hydrogen-bond donors (Lipinski definition) is 4. The quantitative estimate of drug-likeness (QED) is 0.145. The van der Waals surface area contributed by atoms with Gasteiger partial charge in [-0.15, -0.1) is 0 Å². The number of hydrogen-bond acceptors (Lipinski definition) is 10. The van der Waals surface area contributed by atoms with E-state index < -0.39 is 39.8 Å². The predicted octanol–water partition coefficient (Wildman–Crippen LogP) is 2.91. The highest BCUT2D eigenvalue weighted by Crippen LogP contribution is 2.32. The Labute approximate surface area is 279 Å². The molecule has 2 aromatic rings. The van der Waals surface area contributed by atoms with Gasteiger partial charge in [0.05, 0.1) is 17.4 Å². The van der Waals surface area contributed by atoms with E-state index in [1.807, 2.05) is 41.8 Å². The van der Waals surface area contributed by atoms with Gasteiger partial charge in [-0.1, -0.05) is 26.0 Å². The van der Waals surface area contributed by atoms with Crippen molar-refractivity contribution in [2.75, 3.05) is 54.8 Å². The van der Waals surface area contributed by atoms with E-state index in [2.05, 4.69) is 20.6 Å². The minimum atomic E-state index is -4.63. The predicted molar refractivity (Wildman–Crippen MR) is 176 cm³/mol. The molecular formula is C31H45F3N8O5S. The van der Waals surface area contributed by atoms with Gasteiger partial charge in [0.2, 0.25) is 18.1 Å². The Kier molecular flexibility index (Phi) is 16.5. The summed E-state index contributed by atoms with van der Waals surface area (Å²) in [6.07, 6.45) is 0.724. The molecule has 0 aliphatic carbocycles. The molecule has 1 unspecified atom stereocenters. The lowest BCUT2D eigenvalue weighted by Crippen LogP contribution is -2.45. The van der Waals surface area contributed by atoms with E-state index in [1.165, 1.54) is 0 Å². The molecular weight excluding hydrogens is 653 g/mol. The molecule has 48 heavy (non-hydrogen) atoms. The average molecular weight is 699 g/mol. The van der Waals surface area contributed by atoms with Gasteiger partial charge < -0.3 is 26.2 Å². The minimum Gasteiger partial charge on any atom is -0.358 e. The van der Waals surface area contributed by atoms with Gasteiger partial charge in [-0.3, -0.25) is 14.1 Å². The van der Waals surface area contributed by atoms with Crippen molar-refractivity contribution >= 4 is 34.1 Å². The zero-order chi connectivity index (χ0) is 35.7. The second-order valence-electron chi connectivity index (χ2n) is 11.1. The van der Waals surface area contributed by atoms with Crippen LogP contribution in [0.3, 0.4) is 0 Å². The van der Waals surface area contributed by atoms with E-state index in [0.717, 1.165) is 24.8 Å². The summed E-state index contributed by atoms with van der Waals surface area (Å²) >= 11 is 0. The van der Waals surface area contributed by atoms with Crippen LogP contribution < -0.4 is 26.2 Å². The zero-order valence-corrected chi connectivity index (χ0v) is 28.1. The van der Waals surface area contributed by atoms with Crippen LogP contribution in [0.15, 0.2) is 30.3 Å². The molecule has 0 saturated carbocycles. The third-order valence-electron chi connectivity index (χ3n) is 7.62. The highest BCUT2D eigenvalue weighted by Gasteiger charge is 2.37. The number of nitrogens with two attached hydrogens (primary N) is 1. The number of alkyl halides is 3. The Bertz CT molecular complexity index is 1440. The third kappa shape index (κ3) is 14.0. The molecule has 1 atom stereocenters. The zero-order valence-electron chi connectivity index (χ0n) is 27.2. The molecule has 0 radical (unpaired) electrons. The number of nitrogens with zero attached hydrogens (tertiary/aromatic N) is 5. The van der Waals surface area contributed by atoms with Crippen molar-refractivity contribution in [3.8, 4) is 6.07 Å². The second-order valence-corrected chi connectivity index (χ2v) is 12.6. The van der Waals surface area contributed by atoms with Crippen LogP contribution in [0.5, 0.6) is 0 Å². The number of piperidine rings is 1. The SMILES string of the molecule is CC.N#Cc1ccc(CCNC=O)cc1.NC(CS(=O)(=O)O)C(=O)NCCC1CCN(c2cc(N3CCCC3)nc(C(F)(F)F)n2)CC1. The summed E-state index contributed by atoms with van der Waals surface area (Å²) in [5.41, 5.74) is 7.23. The molecule has 1 aromatic heterocycles. The van der Waals surface area contributed by atoms with Crippen LogP contribution in [0.2, 0.25) is 0 Å². The Morgan fingerprint density at radius 2 is 1.65 bits per heavy atom. The van der Waals surface area contributed by atoms with Gasteiger partial charge in [-0.25, -0.2) is 9.97 Å². The molecule has 0 bridgehead atoms. The van der Waals surface area contributed by atoms with Gasteiger partial charge in [0.15, 0.2) is 0 Å². The topological polar surface area (TPSA) is 195 Å². The maximum Gasteiger partial charge on any atom is 0.451 e. The first-order valence-corrected chi connectivity index (χ1v) is 17.5. The summed E-state index contributed by atoms with van der Waals surface area (Å²) in [5.74, 6) is -1.84. The maximum atomic E-state index is 13.4. The number of amides is 2. The van der Waals surface area contributed by atoms with E-state index >= 15 is 0 Å². The van der Waals surface area contributed by atoms with Crippen LogP contribution in [0, 0.1) is 17.2 Å². The third-order valence-corrected chi connectivity index (χ3v) is 8.40. The van der Waals surface area contributed by atoms with Crippen molar-refractivity contribution in [3.63, 3.8) is 0 Å². The number of carbonyl (C=O) groups is 2. The number of carbonyl (C=O) groups excluding carboxylic acids is 2. The number of nitriles is 1.